The van der Waals surface area contributed by atoms with E-state index in [2.05, 4.69) is 0 Å². The summed E-state index contributed by atoms with van der Waals surface area (Å²) < 4.78 is 77.4. The Morgan fingerprint density at radius 1 is 0.818 bits per heavy atom. The second kappa shape index (κ2) is 9.82. The number of carbonyl (C=O) groups is 1. The predicted octanol–water partition coefficient (Wildman–Crippen LogP) is 5.70. The average Bonchev–Trinajstić information content (AvgIpc) is 2.76. The van der Waals surface area contributed by atoms with Gasteiger partial charge in [-0.2, -0.15) is 26.3 Å². The number of alkyl halides is 6. The third-order valence-electron chi connectivity index (χ3n) is 5.32. The van der Waals surface area contributed by atoms with E-state index in [0.29, 0.717) is 42.6 Å². The van der Waals surface area contributed by atoms with Crippen LogP contribution in [0.2, 0.25) is 0 Å². The van der Waals surface area contributed by atoms with E-state index in [1.165, 1.54) is 42.5 Å². The summed E-state index contributed by atoms with van der Waals surface area (Å²) >= 11 is 0. The zero-order valence-corrected chi connectivity index (χ0v) is 17.3. The van der Waals surface area contributed by atoms with Crippen molar-refractivity contribution in [1.82, 2.24) is 4.90 Å². The molecule has 2 aromatic rings. The molecule has 0 aliphatic carbocycles. The topological polar surface area (TPSA) is 40.5 Å². The third kappa shape index (κ3) is 6.47. The van der Waals surface area contributed by atoms with Crippen molar-refractivity contribution in [3.8, 4) is 0 Å². The summed E-state index contributed by atoms with van der Waals surface area (Å²) in [5.74, 6) is -0.294. The predicted molar refractivity (Wildman–Crippen MR) is 111 cm³/mol. The molecule has 0 radical (unpaired) electrons. The van der Waals surface area contributed by atoms with Crippen molar-refractivity contribution in [2.45, 2.75) is 31.3 Å². The maximum Gasteiger partial charge on any atom is 0.416 e. The minimum absolute atomic E-state index is 0.294. The fourth-order valence-electron chi connectivity index (χ4n) is 3.45. The Balaban J connectivity index is 1.90. The number of hydrogen-bond acceptors (Lipinski definition) is 2. The van der Waals surface area contributed by atoms with Gasteiger partial charge in [-0.25, -0.2) is 0 Å². The van der Waals surface area contributed by atoms with Crippen molar-refractivity contribution in [2.24, 2.45) is 0 Å². The largest absolute Gasteiger partial charge is 0.416 e. The van der Waals surface area contributed by atoms with E-state index in [9.17, 15) is 36.2 Å². The number of nitrogens with zero attached hydrogens (tertiary/aromatic N) is 1. The van der Waals surface area contributed by atoms with Gasteiger partial charge in [0.1, 0.15) is 0 Å². The van der Waals surface area contributed by atoms with Gasteiger partial charge in [-0.15, -0.1) is 0 Å². The van der Waals surface area contributed by atoms with Gasteiger partial charge in [-0.05, 0) is 53.8 Å². The number of halogens is 6. The molecule has 3 nitrogen and oxygen atoms in total. The molecule has 1 heterocycles. The summed E-state index contributed by atoms with van der Waals surface area (Å²) in [6, 6.07) is 8.48. The normalized spacial score (nSPS) is 15.7. The fraction of sp³-hybridized carbons (Fsp3) is 0.292. The summed E-state index contributed by atoms with van der Waals surface area (Å²) in [6.07, 6.45) is -4.37. The maximum atomic E-state index is 12.9. The van der Waals surface area contributed by atoms with E-state index in [-0.39, 0.29) is 5.91 Å². The van der Waals surface area contributed by atoms with Crippen LogP contribution in [0.5, 0.6) is 0 Å². The Hall–Kier alpha value is -3.07. The van der Waals surface area contributed by atoms with Crippen molar-refractivity contribution in [3.63, 3.8) is 0 Å². The van der Waals surface area contributed by atoms with Crippen LogP contribution in [0.4, 0.5) is 26.3 Å². The van der Waals surface area contributed by atoms with Gasteiger partial charge in [0.25, 0.3) is 0 Å². The highest BCUT2D eigenvalue weighted by Crippen LogP contribution is 2.33. The molecule has 1 N–H and O–H groups in total. The van der Waals surface area contributed by atoms with Gasteiger partial charge in [0.2, 0.25) is 5.91 Å². The number of carbonyl (C=O) groups excluding carboxylic acids is 1. The van der Waals surface area contributed by atoms with E-state index < -0.39 is 29.6 Å². The number of rotatable bonds is 4. The summed E-state index contributed by atoms with van der Waals surface area (Å²) in [7, 11) is 0. The lowest BCUT2D eigenvalue weighted by atomic mass is 9.95. The molecule has 0 saturated carbocycles. The van der Waals surface area contributed by atoms with Crippen molar-refractivity contribution < 1.29 is 36.2 Å². The highest BCUT2D eigenvalue weighted by Gasteiger charge is 2.31. The first kappa shape index (κ1) is 24.6. The standard InChI is InChI=1S/C24H21F6NO2/c25-23(26,27)18-8-4-16(5-9-18)21(17-6-10-19(11-7-17)24(28,29)30)2-1-3-22(33)31-14-12-20(32)13-15-31/h1-11,20,32H,12-15H2/b3-1+. The molecule has 0 atom stereocenters. The summed E-state index contributed by atoms with van der Waals surface area (Å²) in [4.78, 5) is 13.9. The number of aliphatic hydroxyl groups is 1. The fourth-order valence-corrected chi connectivity index (χ4v) is 3.45. The Bertz CT molecular complexity index is 953. The van der Waals surface area contributed by atoms with Crippen molar-refractivity contribution in [3.05, 3.63) is 89.0 Å². The second-order valence-electron chi connectivity index (χ2n) is 7.65. The molecular formula is C24H21F6NO2. The molecule has 1 aliphatic heterocycles. The van der Waals surface area contributed by atoms with E-state index in [4.69, 9.17) is 0 Å². The number of benzene rings is 2. The maximum absolute atomic E-state index is 12.9. The molecule has 1 aliphatic rings. The Morgan fingerprint density at radius 3 is 1.64 bits per heavy atom. The van der Waals surface area contributed by atoms with E-state index in [1.807, 2.05) is 0 Å². The zero-order chi connectivity index (χ0) is 24.2. The molecule has 0 bridgehead atoms. The summed E-state index contributed by atoms with van der Waals surface area (Å²) in [5.41, 5.74) is -0.649. The van der Waals surface area contributed by atoms with Crippen LogP contribution in [-0.4, -0.2) is 35.1 Å². The SMILES string of the molecule is O=C(/C=C/C=C(c1ccc(C(F)(F)F)cc1)c1ccc(C(F)(F)F)cc1)N1CCC(O)CC1. The van der Waals surface area contributed by atoms with Gasteiger partial charge in [-0.3, -0.25) is 4.79 Å². The van der Waals surface area contributed by atoms with Crippen LogP contribution in [0.15, 0.2) is 66.8 Å². The zero-order valence-electron chi connectivity index (χ0n) is 17.3. The van der Waals surface area contributed by atoms with Gasteiger partial charge in [0, 0.05) is 19.2 Å². The summed E-state index contributed by atoms with van der Waals surface area (Å²) in [5, 5.41) is 9.54. The number of amides is 1. The minimum atomic E-state index is -4.52. The number of aliphatic hydroxyl groups excluding tert-OH is 1. The van der Waals surface area contributed by atoms with Gasteiger partial charge >= 0.3 is 12.4 Å². The Labute approximate surface area is 186 Å². The Kier molecular flexibility index (Phi) is 7.31. The van der Waals surface area contributed by atoms with Crippen LogP contribution >= 0.6 is 0 Å². The van der Waals surface area contributed by atoms with Crippen molar-refractivity contribution in [1.29, 1.82) is 0 Å². The highest BCUT2D eigenvalue weighted by molar-refractivity contribution is 5.89. The van der Waals surface area contributed by atoms with Crippen LogP contribution < -0.4 is 0 Å². The quantitative estimate of drug-likeness (QED) is 0.355. The highest BCUT2D eigenvalue weighted by atomic mass is 19.4. The lowest BCUT2D eigenvalue weighted by Crippen LogP contribution is -2.39. The first-order chi connectivity index (χ1) is 15.4. The first-order valence-electron chi connectivity index (χ1n) is 10.2. The molecule has 0 spiro atoms. The molecule has 2 aromatic carbocycles. The molecular weight excluding hydrogens is 448 g/mol. The van der Waals surface area contributed by atoms with Gasteiger partial charge in [0.15, 0.2) is 0 Å². The molecule has 0 unspecified atom stereocenters. The van der Waals surface area contributed by atoms with E-state index in [1.54, 1.807) is 4.90 Å². The number of hydrogen-bond donors (Lipinski definition) is 1. The second-order valence-corrected chi connectivity index (χ2v) is 7.65. The smallest absolute Gasteiger partial charge is 0.393 e. The van der Waals surface area contributed by atoms with Crippen molar-refractivity contribution in [2.75, 3.05) is 13.1 Å². The van der Waals surface area contributed by atoms with Crippen LogP contribution in [0.1, 0.15) is 35.1 Å². The van der Waals surface area contributed by atoms with Crippen LogP contribution in [-0.2, 0) is 17.1 Å². The van der Waals surface area contributed by atoms with E-state index >= 15 is 0 Å². The number of piperidine rings is 1. The monoisotopic (exact) mass is 469 g/mol. The Morgan fingerprint density at radius 2 is 1.24 bits per heavy atom. The number of allylic oxidation sites excluding steroid dienone is 2. The minimum Gasteiger partial charge on any atom is -0.393 e. The average molecular weight is 469 g/mol. The lowest BCUT2D eigenvalue weighted by molar-refractivity contribution is -0.138. The number of likely N-dealkylation sites (tertiary alicyclic amines) is 1. The van der Waals surface area contributed by atoms with Gasteiger partial charge < -0.3 is 10.0 Å². The molecule has 33 heavy (non-hydrogen) atoms. The molecule has 1 fully saturated rings. The van der Waals surface area contributed by atoms with Crippen LogP contribution in [0, 0.1) is 0 Å². The molecule has 0 aromatic heterocycles. The molecule has 1 saturated heterocycles. The van der Waals surface area contributed by atoms with Crippen molar-refractivity contribution >= 4 is 11.5 Å². The first-order valence-corrected chi connectivity index (χ1v) is 10.2. The molecule has 9 heteroatoms. The van der Waals surface area contributed by atoms with E-state index in [0.717, 1.165) is 24.3 Å². The molecule has 1 amide bonds. The van der Waals surface area contributed by atoms with Gasteiger partial charge in [-0.1, -0.05) is 36.4 Å². The van der Waals surface area contributed by atoms with Crippen LogP contribution in [0.25, 0.3) is 5.57 Å². The molecule has 176 valence electrons. The van der Waals surface area contributed by atoms with Gasteiger partial charge in [0.05, 0.1) is 17.2 Å². The molecule has 3 rings (SSSR count). The lowest BCUT2D eigenvalue weighted by Gasteiger charge is -2.28. The summed E-state index contributed by atoms with van der Waals surface area (Å²) in [6.45, 7) is 0.803. The third-order valence-corrected chi connectivity index (χ3v) is 5.32. The van der Waals surface area contributed by atoms with Crippen LogP contribution in [0.3, 0.4) is 0 Å².